The number of likely N-dealkylation sites (tertiary alicyclic amines) is 1. The van der Waals surface area contributed by atoms with E-state index in [9.17, 15) is 4.79 Å². The highest BCUT2D eigenvalue weighted by atomic mass is 35.5. The van der Waals surface area contributed by atoms with Crippen LogP contribution in [0.15, 0.2) is 47.0 Å². The summed E-state index contributed by atoms with van der Waals surface area (Å²) in [5.74, 6) is 1.25. The fourth-order valence-corrected chi connectivity index (χ4v) is 3.85. The van der Waals surface area contributed by atoms with E-state index in [2.05, 4.69) is 25.4 Å². The molecule has 0 radical (unpaired) electrons. The van der Waals surface area contributed by atoms with E-state index in [4.69, 9.17) is 27.6 Å². The minimum atomic E-state index is -0.144. The van der Waals surface area contributed by atoms with E-state index in [0.717, 1.165) is 24.9 Å². The number of rotatable bonds is 5. The van der Waals surface area contributed by atoms with Crippen LogP contribution in [0.3, 0.4) is 0 Å². The molecule has 4 rings (SSSR count). The molecule has 30 heavy (non-hydrogen) atoms. The van der Waals surface area contributed by atoms with E-state index in [1.54, 1.807) is 24.3 Å². The van der Waals surface area contributed by atoms with Gasteiger partial charge < -0.3 is 9.73 Å². The zero-order valence-corrected chi connectivity index (χ0v) is 17.9. The molecule has 2 atom stereocenters. The monoisotopic (exact) mass is 445 g/mol. The number of aromatic nitrogens is 3. The second-order valence-electron chi connectivity index (χ2n) is 7.32. The number of hydrogen-bond acceptors (Lipinski definition) is 6. The Bertz CT molecular complexity index is 1020. The van der Waals surface area contributed by atoms with Crippen LogP contribution in [0.2, 0.25) is 10.0 Å². The quantitative estimate of drug-likeness (QED) is 0.603. The Morgan fingerprint density at radius 1 is 1.23 bits per heavy atom. The van der Waals surface area contributed by atoms with Gasteiger partial charge in [-0.05, 0) is 56.6 Å². The summed E-state index contributed by atoms with van der Waals surface area (Å²) >= 11 is 11.9. The van der Waals surface area contributed by atoms with E-state index in [-0.39, 0.29) is 17.9 Å². The molecule has 1 amide bonds. The second-order valence-corrected chi connectivity index (χ2v) is 8.19. The van der Waals surface area contributed by atoms with Crippen molar-refractivity contribution in [3.63, 3.8) is 0 Å². The average molecular weight is 446 g/mol. The maximum Gasteiger partial charge on any atom is 0.247 e. The van der Waals surface area contributed by atoms with Gasteiger partial charge in [0.05, 0.1) is 17.0 Å². The number of nitrogens with zero attached hydrogens (tertiary/aromatic N) is 4. The molecule has 2 aromatic heterocycles. The first-order chi connectivity index (χ1) is 14.5. The van der Waals surface area contributed by atoms with E-state index in [1.165, 1.54) is 6.20 Å². The summed E-state index contributed by atoms with van der Waals surface area (Å²) in [4.78, 5) is 19.0. The number of carbonyl (C=O) groups excluding carboxylic acids is 1. The molecular weight excluding hydrogens is 425 g/mol. The number of pyridine rings is 1. The van der Waals surface area contributed by atoms with Crippen LogP contribution in [-0.4, -0.2) is 39.1 Å². The van der Waals surface area contributed by atoms with Gasteiger partial charge in [-0.1, -0.05) is 29.3 Å². The lowest BCUT2D eigenvalue weighted by Gasteiger charge is -2.34. The Morgan fingerprint density at radius 3 is 2.87 bits per heavy atom. The maximum absolute atomic E-state index is 12.7. The molecule has 7 nitrogen and oxygen atoms in total. The molecule has 0 saturated carbocycles. The van der Waals surface area contributed by atoms with E-state index >= 15 is 0 Å². The average Bonchev–Trinajstić information content (AvgIpc) is 3.25. The van der Waals surface area contributed by atoms with Crippen molar-refractivity contribution in [2.24, 2.45) is 5.92 Å². The first-order valence-corrected chi connectivity index (χ1v) is 10.5. The zero-order valence-electron chi connectivity index (χ0n) is 16.4. The molecule has 2 unspecified atom stereocenters. The number of anilines is 1. The summed E-state index contributed by atoms with van der Waals surface area (Å²) in [5.41, 5.74) is 0.778. The third kappa shape index (κ3) is 4.80. The van der Waals surface area contributed by atoms with Crippen molar-refractivity contribution in [3.8, 4) is 11.5 Å². The largest absolute Gasteiger partial charge is 0.419 e. The Hall–Kier alpha value is -2.48. The van der Waals surface area contributed by atoms with Gasteiger partial charge in [0.15, 0.2) is 0 Å². The number of benzene rings is 1. The van der Waals surface area contributed by atoms with Gasteiger partial charge in [0.2, 0.25) is 17.7 Å². The lowest BCUT2D eigenvalue weighted by atomic mass is 9.96. The lowest BCUT2D eigenvalue weighted by molar-refractivity contribution is -0.121. The minimum Gasteiger partial charge on any atom is -0.419 e. The zero-order chi connectivity index (χ0) is 21.1. The molecule has 1 aliphatic heterocycles. The van der Waals surface area contributed by atoms with Gasteiger partial charge in [0.25, 0.3) is 0 Å². The highest BCUT2D eigenvalue weighted by molar-refractivity contribution is 6.31. The summed E-state index contributed by atoms with van der Waals surface area (Å²) in [5, 5.41) is 12.4. The predicted octanol–water partition coefficient (Wildman–Crippen LogP) is 4.85. The number of amides is 1. The Balaban J connectivity index is 1.41. The first kappa shape index (κ1) is 20.8. The fraction of sp³-hybridized carbons (Fsp3) is 0.333. The van der Waals surface area contributed by atoms with Crippen LogP contribution in [0.4, 0.5) is 5.82 Å². The van der Waals surface area contributed by atoms with Gasteiger partial charge in [0, 0.05) is 23.3 Å². The van der Waals surface area contributed by atoms with E-state index in [0.29, 0.717) is 34.2 Å². The SMILES string of the molecule is CC(c1nnc(-c2cccc(Cl)c2)o1)N1CCCC(C(=O)Nc2ccc(Cl)cn2)C1. The van der Waals surface area contributed by atoms with Gasteiger partial charge in [-0.3, -0.25) is 9.69 Å². The van der Waals surface area contributed by atoms with Crippen LogP contribution in [0, 0.1) is 5.92 Å². The van der Waals surface area contributed by atoms with Crippen molar-refractivity contribution >= 4 is 34.9 Å². The Kier molecular flexibility index (Phi) is 6.32. The summed E-state index contributed by atoms with van der Waals surface area (Å²) in [6, 6.07) is 10.6. The molecule has 0 aliphatic carbocycles. The number of carbonyl (C=O) groups is 1. The lowest BCUT2D eigenvalue weighted by Crippen LogP contribution is -2.42. The predicted molar refractivity (Wildman–Crippen MR) is 115 cm³/mol. The highest BCUT2D eigenvalue weighted by Gasteiger charge is 2.31. The van der Waals surface area contributed by atoms with Gasteiger partial charge in [-0.2, -0.15) is 0 Å². The van der Waals surface area contributed by atoms with Crippen molar-refractivity contribution < 1.29 is 9.21 Å². The van der Waals surface area contributed by atoms with Gasteiger partial charge in [0.1, 0.15) is 5.82 Å². The molecule has 1 aromatic carbocycles. The second kappa shape index (κ2) is 9.12. The Morgan fingerprint density at radius 2 is 2.10 bits per heavy atom. The summed E-state index contributed by atoms with van der Waals surface area (Å²) in [6.45, 7) is 3.48. The van der Waals surface area contributed by atoms with Gasteiger partial charge in [-0.25, -0.2) is 4.98 Å². The standard InChI is InChI=1S/C21H21Cl2N5O2/c1-13(20-26-27-21(30-20)14-4-2-6-16(22)10-14)28-9-3-5-15(12-28)19(29)25-18-8-7-17(23)11-24-18/h2,4,6-8,10-11,13,15H,3,5,9,12H2,1H3,(H,24,25,29). The molecule has 9 heteroatoms. The molecule has 0 bridgehead atoms. The van der Waals surface area contributed by atoms with Crippen LogP contribution in [-0.2, 0) is 4.79 Å². The van der Waals surface area contributed by atoms with E-state index in [1.807, 2.05) is 19.1 Å². The van der Waals surface area contributed by atoms with Crippen LogP contribution < -0.4 is 5.32 Å². The summed E-state index contributed by atoms with van der Waals surface area (Å²) in [7, 11) is 0. The smallest absolute Gasteiger partial charge is 0.247 e. The molecule has 3 aromatic rings. The molecule has 3 heterocycles. The van der Waals surface area contributed by atoms with Crippen LogP contribution in [0.5, 0.6) is 0 Å². The normalized spacial score (nSPS) is 18.2. The number of nitrogens with one attached hydrogen (secondary N) is 1. The van der Waals surface area contributed by atoms with Crippen molar-refractivity contribution in [1.82, 2.24) is 20.1 Å². The van der Waals surface area contributed by atoms with Crippen LogP contribution in [0.1, 0.15) is 31.7 Å². The molecule has 156 valence electrons. The van der Waals surface area contributed by atoms with Crippen molar-refractivity contribution in [1.29, 1.82) is 0 Å². The minimum absolute atomic E-state index is 0.0492. The number of piperidine rings is 1. The summed E-state index contributed by atoms with van der Waals surface area (Å²) in [6.07, 6.45) is 3.24. The van der Waals surface area contributed by atoms with Gasteiger partial charge in [-0.15, -0.1) is 10.2 Å². The molecule has 1 saturated heterocycles. The molecule has 1 fully saturated rings. The van der Waals surface area contributed by atoms with Gasteiger partial charge >= 0.3 is 0 Å². The third-order valence-electron chi connectivity index (χ3n) is 5.22. The fourth-order valence-electron chi connectivity index (χ4n) is 3.55. The molecule has 1 N–H and O–H groups in total. The van der Waals surface area contributed by atoms with Crippen LogP contribution in [0.25, 0.3) is 11.5 Å². The van der Waals surface area contributed by atoms with Crippen molar-refractivity contribution in [2.45, 2.75) is 25.8 Å². The first-order valence-electron chi connectivity index (χ1n) is 9.75. The molecule has 0 spiro atoms. The van der Waals surface area contributed by atoms with Crippen LogP contribution >= 0.6 is 23.2 Å². The summed E-state index contributed by atoms with van der Waals surface area (Å²) < 4.78 is 5.90. The van der Waals surface area contributed by atoms with Crippen molar-refractivity contribution in [3.05, 3.63) is 58.5 Å². The number of hydrogen-bond donors (Lipinski definition) is 1. The topological polar surface area (TPSA) is 84.2 Å². The molecule has 1 aliphatic rings. The van der Waals surface area contributed by atoms with E-state index < -0.39 is 0 Å². The highest BCUT2D eigenvalue weighted by Crippen LogP contribution is 2.29. The number of halogens is 2. The maximum atomic E-state index is 12.7. The third-order valence-corrected chi connectivity index (χ3v) is 5.68. The Labute approximate surface area is 184 Å². The van der Waals surface area contributed by atoms with Crippen molar-refractivity contribution in [2.75, 3.05) is 18.4 Å². The molecular formula is C21H21Cl2N5O2.